The quantitative estimate of drug-likeness (QED) is 0.357. The molecule has 0 unspecified atom stereocenters. The smallest absolute Gasteiger partial charge is 0.243 e. The maximum atomic E-state index is 12.8. The molecule has 3 aromatic rings. The highest BCUT2D eigenvalue weighted by Gasteiger charge is 2.32. The minimum Gasteiger partial charge on any atom is -0.489 e. The zero-order valence-electron chi connectivity index (χ0n) is 19.0. The standard InChI is InChI=1S/C26H26ClN3O4S/c27-23-9-11-25(12-10-23)35(32,33)30-15-13-22(14-16-30)26(31)29-28-18-21-7-4-8-24(17-21)34-19-20-5-2-1-3-6-20/h1-12,17-18,22H,13-16,19H2,(H,29,31)/b28-18-. The van der Waals surface area contributed by atoms with E-state index in [9.17, 15) is 13.2 Å². The predicted octanol–water partition coefficient (Wildman–Crippen LogP) is 4.47. The Kier molecular flexibility index (Phi) is 8.17. The van der Waals surface area contributed by atoms with Crippen LogP contribution in [0.4, 0.5) is 0 Å². The number of hydrogen-bond donors (Lipinski definition) is 1. The summed E-state index contributed by atoms with van der Waals surface area (Å²) >= 11 is 5.86. The van der Waals surface area contributed by atoms with Crippen molar-refractivity contribution in [1.29, 1.82) is 0 Å². The summed E-state index contributed by atoms with van der Waals surface area (Å²) in [6, 6.07) is 23.4. The van der Waals surface area contributed by atoms with Gasteiger partial charge in [0.25, 0.3) is 0 Å². The summed E-state index contributed by atoms with van der Waals surface area (Å²) in [6.45, 7) is 1.01. The average Bonchev–Trinajstić information content (AvgIpc) is 2.88. The highest BCUT2D eigenvalue weighted by molar-refractivity contribution is 7.89. The Bertz CT molecular complexity index is 1270. The Balaban J connectivity index is 1.26. The third-order valence-electron chi connectivity index (χ3n) is 5.77. The molecule has 1 amide bonds. The monoisotopic (exact) mass is 511 g/mol. The molecule has 0 bridgehead atoms. The number of hydrazone groups is 1. The van der Waals surface area contributed by atoms with E-state index in [1.54, 1.807) is 18.3 Å². The molecule has 0 atom stereocenters. The zero-order chi connectivity index (χ0) is 24.7. The molecular weight excluding hydrogens is 486 g/mol. The van der Waals surface area contributed by atoms with Crippen LogP contribution >= 0.6 is 11.6 Å². The number of sulfonamides is 1. The molecule has 3 aromatic carbocycles. The number of hydrogen-bond acceptors (Lipinski definition) is 5. The van der Waals surface area contributed by atoms with Crippen LogP contribution in [0.5, 0.6) is 5.75 Å². The highest BCUT2D eigenvalue weighted by atomic mass is 35.5. The van der Waals surface area contributed by atoms with E-state index in [1.165, 1.54) is 16.4 Å². The fraction of sp³-hybridized carbons (Fsp3) is 0.231. The molecule has 1 aliphatic rings. The van der Waals surface area contributed by atoms with E-state index in [-0.39, 0.29) is 29.8 Å². The summed E-state index contributed by atoms with van der Waals surface area (Å²) < 4.78 is 32.8. The van der Waals surface area contributed by atoms with Crippen molar-refractivity contribution in [3.8, 4) is 5.75 Å². The maximum absolute atomic E-state index is 12.8. The molecule has 35 heavy (non-hydrogen) atoms. The summed E-state index contributed by atoms with van der Waals surface area (Å²) in [5.74, 6) is 0.184. The minimum atomic E-state index is -3.61. The molecule has 1 N–H and O–H groups in total. The van der Waals surface area contributed by atoms with Crippen molar-refractivity contribution in [1.82, 2.24) is 9.73 Å². The topological polar surface area (TPSA) is 88.1 Å². The van der Waals surface area contributed by atoms with Gasteiger partial charge in [0.05, 0.1) is 11.1 Å². The fourth-order valence-corrected chi connectivity index (χ4v) is 5.40. The first kappa shape index (κ1) is 24.9. The molecule has 0 spiro atoms. The second-order valence-corrected chi connectivity index (χ2v) is 10.6. The van der Waals surface area contributed by atoms with E-state index in [0.717, 1.165) is 11.1 Å². The van der Waals surface area contributed by atoms with E-state index >= 15 is 0 Å². The van der Waals surface area contributed by atoms with Gasteiger partial charge in [-0.2, -0.15) is 9.41 Å². The average molecular weight is 512 g/mol. The van der Waals surface area contributed by atoms with Gasteiger partial charge in [0, 0.05) is 24.0 Å². The number of nitrogens with one attached hydrogen (secondary N) is 1. The molecule has 9 heteroatoms. The molecular formula is C26H26ClN3O4S. The highest BCUT2D eigenvalue weighted by Crippen LogP contribution is 2.25. The van der Waals surface area contributed by atoms with Crippen LogP contribution in [0, 0.1) is 5.92 Å². The van der Waals surface area contributed by atoms with Crippen molar-refractivity contribution < 1.29 is 17.9 Å². The lowest BCUT2D eigenvalue weighted by Crippen LogP contribution is -2.42. The van der Waals surface area contributed by atoms with Gasteiger partial charge in [-0.15, -0.1) is 0 Å². The van der Waals surface area contributed by atoms with Crippen molar-refractivity contribution >= 4 is 33.7 Å². The Morgan fingerprint density at radius 3 is 2.46 bits per heavy atom. The fourth-order valence-electron chi connectivity index (χ4n) is 3.80. The van der Waals surface area contributed by atoms with E-state index in [4.69, 9.17) is 16.3 Å². The molecule has 1 saturated heterocycles. The van der Waals surface area contributed by atoms with E-state index in [2.05, 4.69) is 10.5 Å². The molecule has 4 rings (SSSR count). The summed E-state index contributed by atoms with van der Waals surface area (Å²) in [5.41, 5.74) is 4.44. The normalized spacial score (nSPS) is 15.2. The van der Waals surface area contributed by atoms with Gasteiger partial charge in [0.15, 0.2) is 0 Å². The van der Waals surface area contributed by atoms with Crippen LogP contribution in [0.1, 0.15) is 24.0 Å². The second kappa shape index (κ2) is 11.5. The lowest BCUT2D eigenvalue weighted by Gasteiger charge is -2.30. The van der Waals surface area contributed by atoms with Gasteiger partial charge in [-0.3, -0.25) is 4.79 Å². The molecule has 7 nitrogen and oxygen atoms in total. The molecule has 1 heterocycles. The number of nitrogens with zero attached hydrogens (tertiary/aromatic N) is 2. The number of benzene rings is 3. The molecule has 0 saturated carbocycles. The number of ether oxygens (including phenoxy) is 1. The predicted molar refractivity (Wildman–Crippen MR) is 136 cm³/mol. The summed E-state index contributed by atoms with van der Waals surface area (Å²) in [7, 11) is -3.61. The number of piperidine rings is 1. The van der Waals surface area contributed by atoms with Crippen LogP contribution in [0.15, 0.2) is 88.9 Å². The van der Waals surface area contributed by atoms with Gasteiger partial charge < -0.3 is 4.74 Å². The summed E-state index contributed by atoms with van der Waals surface area (Å²) in [4.78, 5) is 12.7. The maximum Gasteiger partial charge on any atom is 0.243 e. The van der Waals surface area contributed by atoms with Gasteiger partial charge in [0.2, 0.25) is 15.9 Å². The number of rotatable bonds is 8. The van der Waals surface area contributed by atoms with Gasteiger partial charge in [-0.25, -0.2) is 13.8 Å². The second-order valence-electron chi connectivity index (χ2n) is 8.21. The van der Waals surface area contributed by atoms with Crippen LogP contribution in [0.2, 0.25) is 5.02 Å². The Labute approximate surface area is 210 Å². The third kappa shape index (κ3) is 6.69. The minimum absolute atomic E-state index is 0.198. The van der Waals surface area contributed by atoms with E-state index in [0.29, 0.717) is 30.2 Å². The van der Waals surface area contributed by atoms with Crippen LogP contribution < -0.4 is 10.2 Å². The van der Waals surface area contributed by atoms with E-state index in [1.807, 2.05) is 54.6 Å². The van der Waals surface area contributed by atoms with Crippen molar-refractivity contribution in [3.63, 3.8) is 0 Å². The summed E-state index contributed by atoms with van der Waals surface area (Å²) in [6.07, 6.45) is 2.42. The first-order valence-electron chi connectivity index (χ1n) is 11.3. The Morgan fingerprint density at radius 1 is 1.03 bits per heavy atom. The van der Waals surface area contributed by atoms with Crippen LogP contribution in [-0.2, 0) is 21.4 Å². The van der Waals surface area contributed by atoms with Gasteiger partial charge in [-0.05, 0) is 60.4 Å². The molecule has 1 fully saturated rings. The Morgan fingerprint density at radius 2 is 1.74 bits per heavy atom. The largest absolute Gasteiger partial charge is 0.489 e. The van der Waals surface area contributed by atoms with Gasteiger partial charge >= 0.3 is 0 Å². The number of halogens is 1. The van der Waals surface area contributed by atoms with Crippen molar-refractivity contribution in [2.75, 3.05) is 13.1 Å². The van der Waals surface area contributed by atoms with Crippen LogP contribution in [-0.4, -0.2) is 37.9 Å². The van der Waals surface area contributed by atoms with Crippen LogP contribution in [0.3, 0.4) is 0 Å². The lowest BCUT2D eigenvalue weighted by atomic mass is 9.98. The van der Waals surface area contributed by atoms with Crippen LogP contribution in [0.25, 0.3) is 0 Å². The van der Waals surface area contributed by atoms with Gasteiger partial charge in [-0.1, -0.05) is 54.1 Å². The first-order valence-corrected chi connectivity index (χ1v) is 13.1. The SMILES string of the molecule is O=C(N/N=C\c1cccc(OCc2ccccc2)c1)C1CCN(S(=O)(=O)c2ccc(Cl)cc2)CC1. The first-order chi connectivity index (χ1) is 16.9. The van der Waals surface area contributed by atoms with Gasteiger partial charge in [0.1, 0.15) is 12.4 Å². The Hall–Kier alpha value is -3.20. The number of amides is 1. The van der Waals surface area contributed by atoms with E-state index < -0.39 is 10.0 Å². The number of carbonyl (C=O) groups excluding carboxylic acids is 1. The lowest BCUT2D eigenvalue weighted by molar-refractivity contribution is -0.126. The summed E-state index contributed by atoms with van der Waals surface area (Å²) in [5, 5.41) is 4.55. The van der Waals surface area contributed by atoms with Crippen molar-refractivity contribution in [2.24, 2.45) is 11.0 Å². The number of carbonyl (C=O) groups is 1. The van der Waals surface area contributed by atoms with Crippen molar-refractivity contribution in [2.45, 2.75) is 24.3 Å². The third-order valence-corrected chi connectivity index (χ3v) is 7.94. The molecule has 182 valence electrons. The van der Waals surface area contributed by atoms with Crippen molar-refractivity contribution in [3.05, 3.63) is 95.0 Å². The molecule has 1 aliphatic heterocycles. The molecule has 0 aromatic heterocycles. The molecule has 0 aliphatic carbocycles. The molecule has 0 radical (unpaired) electrons. The zero-order valence-corrected chi connectivity index (χ0v) is 20.6.